The van der Waals surface area contributed by atoms with Crippen LogP contribution in [-0.4, -0.2) is 41.6 Å². The largest absolute Gasteiger partial charge is 0.481 e. The van der Waals surface area contributed by atoms with Crippen molar-refractivity contribution in [1.82, 2.24) is 10.2 Å². The highest BCUT2D eigenvalue weighted by atomic mass is 16.4. The second-order valence-electron chi connectivity index (χ2n) is 4.26. The molecule has 0 heterocycles. The fourth-order valence-electron chi connectivity index (χ4n) is 2.02. The van der Waals surface area contributed by atoms with Crippen LogP contribution in [0, 0.1) is 17.2 Å². The van der Waals surface area contributed by atoms with Crippen molar-refractivity contribution in [1.29, 1.82) is 5.26 Å². The van der Waals surface area contributed by atoms with Crippen molar-refractivity contribution in [2.24, 2.45) is 5.92 Å². The van der Waals surface area contributed by atoms with Crippen LogP contribution in [-0.2, 0) is 4.79 Å². The Balaban J connectivity index is 2.45. The van der Waals surface area contributed by atoms with Gasteiger partial charge in [-0.15, -0.1) is 0 Å². The van der Waals surface area contributed by atoms with Gasteiger partial charge in [0.2, 0.25) is 0 Å². The van der Waals surface area contributed by atoms with Crippen molar-refractivity contribution >= 4 is 12.0 Å². The zero-order chi connectivity index (χ0) is 12.8. The number of nitrogens with zero attached hydrogens (tertiary/aromatic N) is 2. The second-order valence-corrected chi connectivity index (χ2v) is 4.26. The summed E-state index contributed by atoms with van der Waals surface area (Å²) in [6, 6.07) is 1.36. The highest BCUT2D eigenvalue weighted by Gasteiger charge is 2.34. The fraction of sp³-hybridized carbons (Fsp3) is 0.727. The standard InChI is InChI=1S/C11H17N3O3/c1-14(7-3-6-12)11(17)13-9-5-2-4-8(9)10(15)16/h8-9H,2-5,7H2,1H3,(H,13,17)(H,15,16). The number of carbonyl (C=O) groups is 2. The topological polar surface area (TPSA) is 93.4 Å². The Labute approximate surface area is 100 Å². The highest BCUT2D eigenvalue weighted by molar-refractivity contribution is 5.77. The van der Waals surface area contributed by atoms with Gasteiger partial charge in [-0.25, -0.2) is 4.79 Å². The molecule has 0 bridgehead atoms. The summed E-state index contributed by atoms with van der Waals surface area (Å²) >= 11 is 0. The number of nitrogens with one attached hydrogen (secondary N) is 1. The summed E-state index contributed by atoms with van der Waals surface area (Å²) in [4.78, 5) is 24.0. The third-order valence-corrected chi connectivity index (χ3v) is 3.05. The summed E-state index contributed by atoms with van der Waals surface area (Å²) in [5.74, 6) is -1.34. The predicted molar refractivity (Wildman–Crippen MR) is 60.2 cm³/mol. The van der Waals surface area contributed by atoms with Crippen LogP contribution in [0.15, 0.2) is 0 Å². The van der Waals surface area contributed by atoms with Gasteiger partial charge in [-0.1, -0.05) is 6.42 Å². The number of hydrogen-bond acceptors (Lipinski definition) is 3. The first-order chi connectivity index (χ1) is 8.06. The molecule has 2 atom stereocenters. The molecule has 6 heteroatoms. The van der Waals surface area contributed by atoms with Crippen molar-refractivity contribution in [3.05, 3.63) is 0 Å². The normalized spacial score (nSPS) is 22.8. The maximum atomic E-state index is 11.7. The molecule has 0 saturated heterocycles. The molecular weight excluding hydrogens is 222 g/mol. The molecule has 1 aliphatic rings. The fourth-order valence-corrected chi connectivity index (χ4v) is 2.02. The minimum Gasteiger partial charge on any atom is -0.481 e. The van der Waals surface area contributed by atoms with Gasteiger partial charge in [-0.2, -0.15) is 5.26 Å². The van der Waals surface area contributed by atoms with Crippen LogP contribution in [0.4, 0.5) is 4.79 Å². The van der Waals surface area contributed by atoms with E-state index in [0.717, 1.165) is 6.42 Å². The third kappa shape index (κ3) is 3.63. The van der Waals surface area contributed by atoms with Crippen molar-refractivity contribution in [3.8, 4) is 6.07 Å². The Morgan fingerprint density at radius 2 is 2.24 bits per heavy atom. The summed E-state index contributed by atoms with van der Waals surface area (Å²) < 4.78 is 0. The summed E-state index contributed by atoms with van der Waals surface area (Å²) in [7, 11) is 1.59. The molecule has 0 aromatic heterocycles. The molecule has 6 nitrogen and oxygen atoms in total. The molecule has 0 spiro atoms. The van der Waals surface area contributed by atoms with Crippen molar-refractivity contribution in [3.63, 3.8) is 0 Å². The number of carboxylic acid groups (broad SMARTS) is 1. The van der Waals surface area contributed by atoms with Gasteiger partial charge in [0.25, 0.3) is 0 Å². The highest BCUT2D eigenvalue weighted by Crippen LogP contribution is 2.25. The average Bonchev–Trinajstić information content (AvgIpc) is 2.73. The van der Waals surface area contributed by atoms with Gasteiger partial charge in [-0.05, 0) is 12.8 Å². The number of carbonyl (C=O) groups excluding carboxylic acids is 1. The van der Waals surface area contributed by atoms with E-state index in [9.17, 15) is 9.59 Å². The zero-order valence-corrected chi connectivity index (χ0v) is 9.85. The lowest BCUT2D eigenvalue weighted by Crippen LogP contribution is -2.46. The SMILES string of the molecule is CN(CCC#N)C(=O)NC1CCCC1C(=O)O. The monoisotopic (exact) mass is 239 g/mol. The molecule has 17 heavy (non-hydrogen) atoms. The number of carboxylic acids is 1. The first kappa shape index (κ1) is 13.3. The summed E-state index contributed by atoms with van der Waals surface area (Å²) in [5, 5.41) is 20.1. The Morgan fingerprint density at radius 1 is 1.53 bits per heavy atom. The van der Waals surface area contributed by atoms with E-state index in [4.69, 9.17) is 10.4 Å². The maximum absolute atomic E-state index is 11.7. The first-order valence-electron chi connectivity index (χ1n) is 5.67. The van der Waals surface area contributed by atoms with Crippen LogP contribution in [0.1, 0.15) is 25.7 Å². The Hall–Kier alpha value is -1.77. The Kier molecular flexibility index (Phi) is 4.76. The van der Waals surface area contributed by atoms with Crippen LogP contribution in [0.3, 0.4) is 0 Å². The Bertz CT molecular complexity index is 337. The Morgan fingerprint density at radius 3 is 2.82 bits per heavy atom. The van der Waals surface area contributed by atoms with Crippen LogP contribution >= 0.6 is 0 Å². The molecule has 2 amide bonds. The summed E-state index contributed by atoms with van der Waals surface area (Å²) in [5.41, 5.74) is 0. The minimum atomic E-state index is -0.854. The molecule has 94 valence electrons. The van der Waals surface area contributed by atoms with E-state index in [2.05, 4.69) is 5.32 Å². The first-order valence-corrected chi connectivity index (χ1v) is 5.67. The predicted octanol–water partition coefficient (Wildman–Crippen LogP) is 0.795. The molecule has 1 aliphatic carbocycles. The number of urea groups is 1. The molecule has 1 fully saturated rings. The molecular formula is C11H17N3O3. The lowest BCUT2D eigenvalue weighted by molar-refractivity contribution is -0.142. The van der Waals surface area contributed by atoms with E-state index in [1.165, 1.54) is 4.90 Å². The van der Waals surface area contributed by atoms with E-state index in [1.54, 1.807) is 7.05 Å². The minimum absolute atomic E-state index is 0.275. The molecule has 2 unspecified atom stereocenters. The van der Waals surface area contributed by atoms with Gasteiger partial charge in [0.15, 0.2) is 0 Å². The summed E-state index contributed by atoms with van der Waals surface area (Å²) in [6.45, 7) is 0.354. The van der Waals surface area contributed by atoms with Crippen LogP contribution in [0.5, 0.6) is 0 Å². The molecule has 0 aliphatic heterocycles. The lowest BCUT2D eigenvalue weighted by Gasteiger charge is -2.22. The quantitative estimate of drug-likeness (QED) is 0.758. The number of aliphatic carboxylic acids is 1. The lowest BCUT2D eigenvalue weighted by atomic mass is 10.0. The van der Waals surface area contributed by atoms with E-state index in [0.29, 0.717) is 19.4 Å². The maximum Gasteiger partial charge on any atom is 0.317 e. The van der Waals surface area contributed by atoms with Crippen molar-refractivity contribution < 1.29 is 14.7 Å². The van der Waals surface area contributed by atoms with Gasteiger partial charge in [0.05, 0.1) is 18.4 Å². The smallest absolute Gasteiger partial charge is 0.317 e. The number of nitriles is 1. The van der Waals surface area contributed by atoms with Crippen LogP contribution < -0.4 is 5.32 Å². The van der Waals surface area contributed by atoms with Gasteiger partial charge in [0.1, 0.15) is 0 Å². The van der Waals surface area contributed by atoms with E-state index in [1.807, 2.05) is 6.07 Å². The molecule has 0 aromatic rings. The molecule has 2 N–H and O–H groups in total. The zero-order valence-electron chi connectivity index (χ0n) is 9.85. The average molecular weight is 239 g/mol. The van der Waals surface area contributed by atoms with Crippen LogP contribution in [0.25, 0.3) is 0 Å². The van der Waals surface area contributed by atoms with Crippen molar-refractivity contribution in [2.75, 3.05) is 13.6 Å². The number of rotatable bonds is 4. The van der Waals surface area contributed by atoms with E-state index < -0.39 is 11.9 Å². The molecule has 1 rings (SSSR count). The van der Waals surface area contributed by atoms with Gasteiger partial charge < -0.3 is 15.3 Å². The molecule has 0 aromatic carbocycles. The molecule has 0 radical (unpaired) electrons. The van der Waals surface area contributed by atoms with Gasteiger partial charge in [-0.3, -0.25) is 4.79 Å². The van der Waals surface area contributed by atoms with E-state index >= 15 is 0 Å². The number of amides is 2. The molecule has 1 saturated carbocycles. The third-order valence-electron chi connectivity index (χ3n) is 3.05. The van der Waals surface area contributed by atoms with Crippen LogP contribution in [0.2, 0.25) is 0 Å². The van der Waals surface area contributed by atoms with Crippen molar-refractivity contribution in [2.45, 2.75) is 31.7 Å². The second kappa shape index (κ2) is 6.09. The van der Waals surface area contributed by atoms with Gasteiger partial charge in [0, 0.05) is 19.6 Å². The summed E-state index contributed by atoms with van der Waals surface area (Å²) in [6.07, 6.45) is 2.41. The van der Waals surface area contributed by atoms with E-state index in [-0.39, 0.29) is 18.5 Å². The number of hydrogen-bond donors (Lipinski definition) is 2. The van der Waals surface area contributed by atoms with Gasteiger partial charge >= 0.3 is 12.0 Å².